The van der Waals surface area contributed by atoms with Gasteiger partial charge in [-0.05, 0) is 75.2 Å². The average Bonchev–Trinajstić information content (AvgIpc) is 4.15. The van der Waals surface area contributed by atoms with Crippen LogP contribution < -0.4 is 0 Å². The summed E-state index contributed by atoms with van der Waals surface area (Å²) >= 11 is 0. The summed E-state index contributed by atoms with van der Waals surface area (Å²) < 4.78 is 0. The fourth-order valence-corrected chi connectivity index (χ4v) is 9.44. The second kappa shape index (κ2) is 35.3. The molecular formula is C67H66Ir4N10O2-4. The van der Waals surface area contributed by atoms with Gasteiger partial charge < -0.3 is 10.2 Å². The molecule has 436 valence electrons. The van der Waals surface area contributed by atoms with Gasteiger partial charge in [-0.1, -0.05) is 100.0 Å². The van der Waals surface area contributed by atoms with E-state index >= 15 is 0 Å². The maximum absolute atomic E-state index is 8.56. The van der Waals surface area contributed by atoms with E-state index in [0.717, 1.165) is 62.3 Å². The van der Waals surface area contributed by atoms with Gasteiger partial charge in [0.15, 0.2) is 5.82 Å². The van der Waals surface area contributed by atoms with Crippen molar-refractivity contribution in [3.63, 3.8) is 0 Å². The molecular weight excluding hydrogens is 1750 g/mol. The Morgan fingerprint density at radius 1 is 0.470 bits per heavy atom. The summed E-state index contributed by atoms with van der Waals surface area (Å²) in [6, 6.07) is 66.5. The number of hydrogen-bond donors (Lipinski definition) is 2. The molecule has 4 aromatic heterocycles. The molecule has 0 amide bonds. The number of aliphatic hydroxyl groups is 2. The Morgan fingerprint density at radius 3 is 1.49 bits per heavy atom. The molecule has 16 heteroatoms. The monoisotopic (exact) mass is 1810 g/mol. The van der Waals surface area contributed by atoms with Gasteiger partial charge >= 0.3 is 0 Å². The Hall–Kier alpha value is -5.98. The van der Waals surface area contributed by atoms with Crippen molar-refractivity contribution in [1.82, 2.24) is 49.8 Å². The number of aryl methyl sites for hydroxylation is 1. The van der Waals surface area contributed by atoms with E-state index in [1.54, 1.807) is 26.5 Å². The largest absolute Gasteiger partial charge is 0.393 e. The normalized spacial score (nSPS) is 15.0. The first kappa shape index (κ1) is 69.5. The number of aliphatic hydroxyl groups excluding tert-OH is 2. The Bertz CT molecular complexity index is 3360. The third kappa shape index (κ3) is 21.5. The Balaban J connectivity index is 0.000000226. The predicted molar refractivity (Wildman–Crippen MR) is 311 cm³/mol. The average molecular weight is 1810 g/mol. The van der Waals surface area contributed by atoms with Gasteiger partial charge in [0.1, 0.15) is 31.1 Å². The van der Waals surface area contributed by atoms with E-state index in [9.17, 15) is 0 Å². The van der Waals surface area contributed by atoms with Crippen LogP contribution in [0.2, 0.25) is 0 Å². The van der Waals surface area contributed by atoms with Crippen molar-refractivity contribution in [2.45, 2.75) is 97.2 Å². The van der Waals surface area contributed by atoms with Gasteiger partial charge in [-0.3, -0.25) is 29.9 Å². The number of aromatic nitrogens is 10. The number of rotatable bonds is 9. The number of fused-ring (bicyclic) bond motifs is 2. The van der Waals surface area contributed by atoms with Crippen LogP contribution in [-0.4, -0.2) is 72.3 Å². The van der Waals surface area contributed by atoms with Crippen LogP contribution in [0.3, 0.4) is 0 Å². The Morgan fingerprint density at radius 2 is 0.976 bits per heavy atom. The molecule has 4 heterocycles. The molecule has 12 nitrogen and oxygen atoms in total. The van der Waals surface area contributed by atoms with E-state index in [-0.39, 0.29) is 98.0 Å². The Labute approximate surface area is 543 Å². The van der Waals surface area contributed by atoms with Crippen molar-refractivity contribution >= 4 is 0 Å². The molecule has 5 unspecified atom stereocenters. The van der Waals surface area contributed by atoms with Gasteiger partial charge in [-0.15, -0.1) is 143 Å². The third-order valence-electron chi connectivity index (χ3n) is 13.3. The van der Waals surface area contributed by atoms with Crippen LogP contribution in [0.1, 0.15) is 89.9 Å². The SMILES string of the molecule is CC(C)(C)c1cc(-c2[c-]cccc2)ncn1.CC(O)CC(C)O.Cc1ncnc(-c2[c-]ccc(-c3ccccc3)c2)n1.[Ir].[Ir].[Ir].[Ir].[c-]1ccccc1-c1cc(C2CC3CCC2C3)ncn1.[c-]1ccccc1-c1ncnc(-c2ccccc2)n1. The number of nitrogens with zero attached hydrogens (tertiary/aromatic N) is 10. The molecule has 2 N–H and O–H groups in total. The van der Waals surface area contributed by atoms with Crippen LogP contribution >= 0.6 is 0 Å². The molecule has 0 aliphatic heterocycles. The molecule has 0 spiro atoms. The molecule has 0 saturated heterocycles. The van der Waals surface area contributed by atoms with Crippen molar-refractivity contribution in [3.8, 4) is 67.8 Å². The van der Waals surface area contributed by atoms with Gasteiger partial charge in [0.2, 0.25) is 0 Å². The van der Waals surface area contributed by atoms with E-state index in [1.165, 1.54) is 49.6 Å². The molecule has 2 aliphatic rings. The van der Waals surface area contributed by atoms with E-state index in [4.69, 9.17) is 10.2 Å². The number of benzene rings is 6. The summed E-state index contributed by atoms with van der Waals surface area (Å²) in [6.45, 7) is 11.6. The second-order valence-electron chi connectivity index (χ2n) is 20.6. The molecule has 2 bridgehead atoms. The molecule has 2 fully saturated rings. The topological polar surface area (TPSA) is 169 Å². The van der Waals surface area contributed by atoms with Crippen molar-refractivity contribution < 1.29 is 90.6 Å². The zero-order valence-corrected chi connectivity index (χ0v) is 56.6. The van der Waals surface area contributed by atoms with Crippen LogP contribution in [0, 0.1) is 43.0 Å². The summed E-state index contributed by atoms with van der Waals surface area (Å²) in [4.78, 5) is 42.9. The minimum atomic E-state index is -0.375. The van der Waals surface area contributed by atoms with Crippen molar-refractivity contribution in [2.24, 2.45) is 11.8 Å². The quantitative estimate of drug-likeness (QED) is 0.131. The molecule has 5 atom stereocenters. The zero-order chi connectivity index (χ0) is 55.4. The minimum Gasteiger partial charge on any atom is -0.393 e. The number of hydrogen-bond acceptors (Lipinski definition) is 12. The molecule has 83 heavy (non-hydrogen) atoms. The van der Waals surface area contributed by atoms with Crippen molar-refractivity contribution in [2.75, 3.05) is 0 Å². The second-order valence-corrected chi connectivity index (χ2v) is 20.6. The van der Waals surface area contributed by atoms with Gasteiger partial charge in [0.05, 0.1) is 23.9 Å². The van der Waals surface area contributed by atoms with E-state index in [0.29, 0.717) is 35.6 Å². The van der Waals surface area contributed by atoms with E-state index in [2.05, 4.69) is 119 Å². The summed E-state index contributed by atoms with van der Waals surface area (Å²) in [5.74, 6) is 5.18. The van der Waals surface area contributed by atoms with Gasteiger partial charge in [0, 0.05) is 109 Å². The molecule has 12 rings (SSSR count). The molecule has 10 aromatic rings. The molecule has 4 radical (unpaired) electrons. The van der Waals surface area contributed by atoms with Crippen molar-refractivity contribution in [3.05, 3.63) is 231 Å². The molecule has 2 aliphatic carbocycles. The van der Waals surface area contributed by atoms with E-state index < -0.39 is 0 Å². The zero-order valence-electron chi connectivity index (χ0n) is 47.0. The van der Waals surface area contributed by atoms with Gasteiger partial charge in [-0.25, -0.2) is 19.9 Å². The maximum atomic E-state index is 8.56. The first-order valence-corrected chi connectivity index (χ1v) is 26.8. The van der Waals surface area contributed by atoms with Gasteiger partial charge in [0.25, 0.3) is 0 Å². The maximum Gasteiger partial charge on any atom is 0.153 e. The van der Waals surface area contributed by atoms with Crippen LogP contribution in [0.15, 0.2) is 189 Å². The summed E-state index contributed by atoms with van der Waals surface area (Å²) in [5, 5.41) is 17.1. The minimum absolute atomic E-state index is 0. The van der Waals surface area contributed by atoms with Crippen molar-refractivity contribution in [1.29, 1.82) is 0 Å². The fraction of sp³-hybridized carbons (Fsp3) is 0.254. The Kier molecular flexibility index (Phi) is 29.6. The van der Waals surface area contributed by atoms with Crippen LogP contribution in [0.5, 0.6) is 0 Å². The fourth-order valence-electron chi connectivity index (χ4n) is 9.44. The summed E-state index contributed by atoms with van der Waals surface area (Å²) in [5.41, 5.74) is 11.4. The molecule has 6 aromatic carbocycles. The third-order valence-corrected chi connectivity index (χ3v) is 13.3. The van der Waals surface area contributed by atoms with Gasteiger partial charge in [-0.2, -0.15) is 0 Å². The summed E-state index contributed by atoms with van der Waals surface area (Å²) in [6.07, 6.45) is 11.7. The van der Waals surface area contributed by atoms with Crippen LogP contribution in [0.4, 0.5) is 0 Å². The predicted octanol–water partition coefficient (Wildman–Crippen LogP) is 13.5. The first-order valence-electron chi connectivity index (χ1n) is 26.8. The summed E-state index contributed by atoms with van der Waals surface area (Å²) in [7, 11) is 0. The van der Waals surface area contributed by atoms with Crippen LogP contribution in [0.25, 0.3) is 67.8 Å². The first-order chi connectivity index (χ1) is 38.4. The van der Waals surface area contributed by atoms with Crippen LogP contribution in [-0.2, 0) is 85.8 Å². The smallest absolute Gasteiger partial charge is 0.153 e. The standard InChI is InChI=1S/C17H17N2.C16H12N3.C15H10N3.C14H15N2.C5H12O2.4Ir/c1-2-4-13(5-3-1)16-10-17(19-11-18-16)15-9-12-6-7-14(15)8-12;1-12-17-11-18-16(19-12)15-9-5-8-14(10-15)13-6-3-2-4-7-13;1-3-7-12(8-4-1)14-16-11-17-15(18-14)13-9-5-2-6-10-13;1-14(2,3)13-9-12(15-10-16-13)11-7-5-4-6-8-11;1-4(6)3-5(2)7;;;;/h1-4,10-12,14-15H,6-9H2;2-8,10-11H,1H3;1-9,11H;4-7,9-10H,1-3H3;4-7H,3H2,1-2H3;;;;/q4*-1;;;;;. The van der Waals surface area contributed by atoms with E-state index in [1.807, 2.05) is 146 Å². The molecule has 2 saturated carbocycles.